The summed E-state index contributed by atoms with van der Waals surface area (Å²) in [7, 11) is 0. The first-order chi connectivity index (χ1) is 24.2. The van der Waals surface area contributed by atoms with E-state index in [9.17, 15) is 9.59 Å². The van der Waals surface area contributed by atoms with E-state index in [2.05, 4.69) is 30.1 Å². The van der Waals surface area contributed by atoms with Crippen molar-refractivity contribution in [2.24, 2.45) is 0 Å². The second kappa shape index (κ2) is 14.2. The molecule has 6 heterocycles. The molecule has 0 saturated carbocycles. The summed E-state index contributed by atoms with van der Waals surface area (Å²) < 4.78 is 3.56. The summed E-state index contributed by atoms with van der Waals surface area (Å²) in [5.41, 5.74) is 6.92. The summed E-state index contributed by atoms with van der Waals surface area (Å²) in [6.07, 6.45) is 11.8. The number of amides is 2. The number of halogens is 2. The van der Waals surface area contributed by atoms with Gasteiger partial charge in [0.2, 0.25) is 0 Å². The van der Waals surface area contributed by atoms with E-state index in [1.807, 2.05) is 38.1 Å². The normalized spacial score (nSPS) is 13.8. The second-order valence-electron chi connectivity index (χ2n) is 12.1. The smallest absolute Gasteiger partial charge is 0.258 e. The number of aromatic nitrogens is 8. The lowest BCUT2D eigenvalue weighted by Crippen LogP contribution is -2.37. The number of nitrogens with zero attached hydrogens (tertiary/aromatic N) is 10. The summed E-state index contributed by atoms with van der Waals surface area (Å²) in [6, 6.07) is 14.8. The van der Waals surface area contributed by atoms with Crippen LogP contribution in [0.2, 0.25) is 10.0 Å². The standard InChI is InChI=1S/2C18H16ClN5O/c1-12-21-11-23(22-12)10-13-6-16(9-20-8-13)24-5-4-14-7-15(19)2-3-17(14)18(24)25;1-12-21-11-22-24(12)10-13-6-16(9-20-8-13)23-5-4-14-7-15(19)2-3-17(14)18(23)25/h2*2-3,6-9,11H,4-5,10H2,1H3. The Morgan fingerprint density at radius 1 is 0.700 bits per heavy atom. The number of pyridine rings is 2. The Kier molecular flexibility index (Phi) is 9.38. The monoisotopic (exact) mass is 706 g/mol. The van der Waals surface area contributed by atoms with Crippen molar-refractivity contribution in [3.05, 3.63) is 141 Å². The molecular weight excluding hydrogens is 675 g/mol. The molecule has 0 N–H and O–H groups in total. The van der Waals surface area contributed by atoms with Gasteiger partial charge in [0.15, 0.2) is 0 Å². The van der Waals surface area contributed by atoms with E-state index in [1.54, 1.807) is 74.5 Å². The largest absolute Gasteiger partial charge is 0.306 e. The van der Waals surface area contributed by atoms with Crippen molar-refractivity contribution in [1.82, 2.24) is 39.5 Å². The molecule has 0 bridgehead atoms. The van der Waals surface area contributed by atoms with Gasteiger partial charge in [0, 0.05) is 46.7 Å². The quantitative estimate of drug-likeness (QED) is 0.214. The maximum absolute atomic E-state index is 12.8. The van der Waals surface area contributed by atoms with Gasteiger partial charge < -0.3 is 9.80 Å². The van der Waals surface area contributed by atoms with E-state index >= 15 is 0 Å². The molecule has 2 aromatic carbocycles. The number of aryl methyl sites for hydroxylation is 2. The number of fused-ring (bicyclic) bond motifs is 2. The van der Waals surface area contributed by atoms with E-state index in [4.69, 9.17) is 23.2 Å². The van der Waals surface area contributed by atoms with Crippen molar-refractivity contribution >= 4 is 46.4 Å². The summed E-state index contributed by atoms with van der Waals surface area (Å²) in [5, 5.41) is 9.79. The van der Waals surface area contributed by atoms with Crippen LogP contribution in [-0.4, -0.2) is 64.4 Å². The molecule has 8 rings (SSSR count). The molecule has 12 nitrogen and oxygen atoms in total. The van der Waals surface area contributed by atoms with Gasteiger partial charge in [-0.2, -0.15) is 10.2 Å². The zero-order valence-electron chi connectivity index (χ0n) is 27.4. The predicted molar refractivity (Wildman–Crippen MR) is 190 cm³/mol. The lowest BCUT2D eigenvalue weighted by molar-refractivity contribution is 0.0972. The Hall–Kier alpha value is -5.46. The highest BCUT2D eigenvalue weighted by Gasteiger charge is 2.27. The highest BCUT2D eigenvalue weighted by atomic mass is 35.5. The molecule has 252 valence electrons. The molecule has 0 radical (unpaired) electrons. The third-order valence-corrected chi connectivity index (χ3v) is 9.09. The molecule has 0 saturated heterocycles. The van der Waals surface area contributed by atoms with Gasteiger partial charge in [0.25, 0.3) is 11.8 Å². The molecule has 0 aliphatic carbocycles. The number of benzene rings is 2. The van der Waals surface area contributed by atoms with Gasteiger partial charge in [-0.25, -0.2) is 19.3 Å². The van der Waals surface area contributed by atoms with Crippen LogP contribution in [0.5, 0.6) is 0 Å². The Morgan fingerprint density at radius 2 is 1.26 bits per heavy atom. The number of carbonyl (C=O) groups excluding carboxylic acids is 2. The van der Waals surface area contributed by atoms with E-state index < -0.39 is 0 Å². The van der Waals surface area contributed by atoms with Crippen LogP contribution in [0.25, 0.3) is 0 Å². The van der Waals surface area contributed by atoms with E-state index in [-0.39, 0.29) is 11.8 Å². The van der Waals surface area contributed by atoms with Crippen LogP contribution in [0, 0.1) is 13.8 Å². The number of carbonyl (C=O) groups is 2. The van der Waals surface area contributed by atoms with Gasteiger partial charge in [0.05, 0.1) is 36.9 Å². The lowest BCUT2D eigenvalue weighted by Gasteiger charge is -2.28. The molecule has 2 amide bonds. The minimum atomic E-state index is -0.0199. The average molecular weight is 708 g/mol. The highest BCUT2D eigenvalue weighted by molar-refractivity contribution is 6.31. The van der Waals surface area contributed by atoms with Crippen molar-refractivity contribution in [3.63, 3.8) is 0 Å². The van der Waals surface area contributed by atoms with Crippen molar-refractivity contribution in [3.8, 4) is 0 Å². The molecule has 2 aliphatic heterocycles. The minimum absolute atomic E-state index is 0.0196. The SMILES string of the molecule is Cc1ncn(Cc2cncc(N3CCc4cc(Cl)ccc4C3=O)c2)n1.Cc1ncnn1Cc1cncc(N2CCc3cc(Cl)ccc3C2=O)c1. The number of rotatable bonds is 6. The molecule has 4 aromatic heterocycles. The van der Waals surface area contributed by atoms with Gasteiger partial charge in [-0.05, 0) is 97.5 Å². The molecule has 0 fully saturated rings. The van der Waals surface area contributed by atoms with Gasteiger partial charge in [-0.3, -0.25) is 19.6 Å². The maximum atomic E-state index is 12.8. The second-order valence-corrected chi connectivity index (χ2v) is 12.9. The topological polar surface area (TPSA) is 128 Å². The van der Waals surface area contributed by atoms with Crippen molar-refractivity contribution in [1.29, 1.82) is 0 Å². The van der Waals surface area contributed by atoms with Crippen molar-refractivity contribution in [2.75, 3.05) is 22.9 Å². The zero-order valence-corrected chi connectivity index (χ0v) is 28.9. The lowest BCUT2D eigenvalue weighted by atomic mass is 9.98. The van der Waals surface area contributed by atoms with E-state index in [0.717, 1.165) is 58.1 Å². The molecule has 14 heteroatoms. The van der Waals surface area contributed by atoms with Crippen molar-refractivity contribution in [2.45, 2.75) is 39.8 Å². The average Bonchev–Trinajstić information content (AvgIpc) is 3.71. The fourth-order valence-corrected chi connectivity index (χ4v) is 6.51. The van der Waals surface area contributed by atoms with Gasteiger partial charge >= 0.3 is 0 Å². The van der Waals surface area contributed by atoms with Crippen LogP contribution >= 0.6 is 23.2 Å². The number of anilines is 2. The van der Waals surface area contributed by atoms with E-state index in [1.165, 1.54) is 6.33 Å². The molecule has 50 heavy (non-hydrogen) atoms. The Bertz CT molecular complexity index is 2210. The highest BCUT2D eigenvalue weighted by Crippen LogP contribution is 2.28. The third-order valence-electron chi connectivity index (χ3n) is 8.62. The Balaban J connectivity index is 0.000000157. The van der Waals surface area contributed by atoms with Gasteiger partial charge in [-0.1, -0.05) is 23.2 Å². The molecule has 0 spiro atoms. The fourth-order valence-electron chi connectivity index (χ4n) is 6.12. The minimum Gasteiger partial charge on any atom is -0.306 e. The first-order valence-corrected chi connectivity index (χ1v) is 16.8. The van der Waals surface area contributed by atoms with Gasteiger partial charge in [-0.15, -0.1) is 0 Å². The molecule has 0 unspecified atom stereocenters. The first kappa shape index (κ1) is 33.1. The molecule has 0 atom stereocenters. The van der Waals surface area contributed by atoms with Crippen LogP contribution in [0.15, 0.2) is 86.0 Å². The molecule has 6 aromatic rings. The van der Waals surface area contributed by atoms with Crippen LogP contribution < -0.4 is 9.80 Å². The Morgan fingerprint density at radius 3 is 1.76 bits per heavy atom. The first-order valence-electron chi connectivity index (χ1n) is 16.0. The summed E-state index contributed by atoms with van der Waals surface area (Å²) in [4.78, 5) is 46.0. The predicted octanol–water partition coefficient (Wildman–Crippen LogP) is 5.77. The third kappa shape index (κ3) is 7.12. The van der Waals surface area contributed by atoms with Crippen molar-refractivity contribution < 1.29 is 9.59 Å². The van der Waals surface area contributed by atoms with Gasteiger partial charge in [0.1, 0.15) is 24.3 Å². The molecular formula is C36H32Cl2N10O2. The Labute approximate surface area is 298 Å². The van der Waals surface area contributed by atoms with E-state index in [0.29, 0.717) is 47.4 Å². The summed E-state index contributed by atoms with van der Waals surface area (Å²) >= 11 is 12.1. The zero-order chi connectivity index (χ0) is 34.8. The van der Waals surface area contributed by atoms with Crippen LogP contribution in [0.1, 0.15) is 54.6 Å². The fraction of sp³-hybridized carbons (Fsp3) is 0.222. The maximum Gasteiger partial charge on any atom is 0.258 e. The number of hydrogen-bond acceptors (Lipinski definition) is 8. The summed E-state index contributed by atoms with van der Waals surface area (Å²) in [5.74, 6) is 1.53. The number of hydrogen-bond donors (Lipinski definition) is 0. The van der Waals surface area contributed by atoms with Crippen LogP contribution in [-0.2, 0) is 25.9 Å². The van der Waals surface area contributed by atoms with Crippen LogP contribution in [0.4, 0.5) is 11.4 Å². The molecule has 2 aliphatic rings. The van der Waals surface area contributed by atoms with Crippen LogP contribution in [0.3, 0.4) is 0 Å². The summed E-state index contributed by atoms with van der Waals surface area (Å²) in [6.45, 7) is 6.11.